The van der Waals surface area contributed by atoms with Crippen molar-refractivity contribution in [3.8, 4) is 17.0 Å². The van der Waals surface area contributed by atoms with E-state index in [0.29, 0.717) is 37.7 Å². The van der Waals surface area contributed by atoms with Crippen LogP contribution in [0.3, 0.4) is 0 Å². The molecule has 0 spiro atoms. The van der Waals surface area contributed by atoms with Crippen LogP contribution in [0.15, 0.2) is 30.5 Å². The van der Waals surface area contributed by atoms with Crippen molar-refractivity contribution < 1.29 is 9.53 Å². The summed E-state index contributed by atoms with van der Waals surface area (Å²) in [6, 6.07) is 8.20. The lowest BCUT2D eigenvalue weighted by Gasteiger charge is -2.26. The van der Waals surface area contributed by atoms with Crippen LogP contribution in [-0.2, 0) is 10.2 Å². The molecule has 3 rings (SSSR count). The van der Waals surface area contributed by atoms with Crippen molar-refractivity contribution in [2.45, 2.75) is 59.0 Å². The lowest BCUT2D eigenvalue weighted by molar-refractivity contribution is -0.119. The van der Waals surface area contributed by atoms with Crippen LogP contribution in [0.2, 0.25) is 0 Å². The topological polar surface area (TPSA) is 55.3 Å². The number of aromatic nitrogens is 2. The maximum Gasteiger partial charge on any atom is 0.225 e. The average Bonchev–Trinajstić information content (AvgIpc) is 2.61. The lowest BCUT2D eigenvalue weighted by Crippen LogP contribution is -2.34. The molecule has 1 fully saturated rings. The summed E-state index contributed by atoms with van der Waals surface area (Å²) >= 11 is 0. The van der Waals surface area contributed by atoms with Gasteiger partial charge in [0, 0.05) is 43.3 Å². The molecule has 0 aliphatic carbocycles. The summed E-state index contributed by atoms with van der Waals surface area (Å²) < 4.78 is 6.02. The molecule has 0 atom stereocenters. The van der Waals surface area contributed by atoms with Crippen LogP contribution in [0.5, 0.6) is 5.75 Å². The van der Waals surface area contributed by atoms with E-state index in [1.165, 1.54) is 0 Å². The molecule has 0 saturated carbocycles. The molecule has 1 aromatic heterocycles. The SMILES string of the molecule is CC(C)Oc1ccc(-c2ccnc(N3CCC(=O)CC3)n2)cc1C(C)(C)C. The second-order valence-corrected chi connectivity index (χ2v) is 8.40. The number of anilines is 1. The van der Waals surface area contributed by atoms with E-state index >= 15 is 0 Å². The number of carbonyl (C=O) groups excluding carboxylic acids is 1. The number of carbonyl (C=O) groups is 1. The predicted molar refractivity (Wildman–Crippen MR) is 108 cm³/mol. The fraction of sp³-hybridized carbons (Fsp3) is 0.500. The highest BCUT2D eigenvalue weighted by molar-refractivity contribution is 5.80. The zero-order valence-electron chi connectivity index (χ0n) is 17.0. The Morgan fingerprint density at radius 3 is 2.44 bits per heavy atom. The molecule has 5 nitrogen and oxygen atoms in total. The van der Waals surface area contributed by atoms with Gasteiger partial charge in [0.15, 0.2) is 0 Å². The highest BCUT2D eigenvalue weighted by atomic mass is 16.5. The van der Waals surface area contributed by atoms with Gasteiger partial charge in [-0.3, -0.25) is 4.79 Å². The fourth-order valence-corrected chi connectivity index (χ4v) is 3.25. The number of nitrogens with zero attached hydrogens (tertiary/aromatic N) is 3. The Morgan fingerprint density at radius 1 is 1.11 bits per heavy atom. The van der Waals surface area contributed by atoms with Gasteiger partial charge in [0.05, 0.1) is 11.8 Å². The molecule has 27 heavy (non-hydrogen) atoms. The third-order valence-corrected chi connectivity index (χ3v) is 4.69. The highest BCUT2D eigenvalue weighted by Gasteiger charge is 2.22. The largest absolute Gasteiger partial charge is 0.491 e. The maximum absolute atomic E-state index is 11.5. The number of rotatable bonds is 4. The number of ether oxygens (including phenoxy) is 1. The Kier molecular flexibility index (Phi) is 5.49. The van der Waals surface area contributed by atoms with Gasteiger partial charge in [-0.15, -0.1) is 0 Å². The zero-order valence-corrected chi connectivity index (χ0v) is 17.0. The molecular weight excluding hydrogens is 338 g/mol. The maximum atomic E-state index is 11.5. The average molecular weight is 367 g/mol. The summed E-state index contributed by atoms with van der Waals surface area (Å²) in [6.45, 7) is 12.0. The van der Waals surface area contributed by atoms with Crippen LogP contribution in [0, 0.1) is 0 Å². The van der Waals surface area contributed by atoms with Crippen LogP contribution in [-0.4, -0.2) is 34.9 Å². The smallest absolute Gasteiger partial charge is 0.225 e. The Labute approximate surface area is 161 Å². The van der Waals surface area contributed by atoms with Crippen molar-refractivity contribution in [3.63, 3.8) is 0 Å². The van der Waals surface area contributed by atoms with Crippen molar-refractivity contribution in [2.24, 2.45) is 0 Å². The van der Waals surface area contributed by atoms with E-state index in [4.69, 9.17) is 9.72 Å². The summed E-state index contributed by atoms with van der Waals surface area (Å²) in [5.41, 5.74) is 3.06. The molecule has 2 heterocycles. The summed E-state index contributed by atoms with van der Waals surface area (Å²) in [7, 11) is 0. The van der Waals surface area contributed by atoms with Crippen molar-refractivity contribution >= 4 is 11.7 Å². The summed E-state index contributed by atoms with van der Waals surface area (Å²) in [5.74, 6) is 1.93. The van der Waals surface area contributed by atoms with E-state index in [0.717, 1.165) is 22.6 Å². The van der Waals surface area contributed by atoms with Gasteiger partial charge in [0.1, 0.15) is 11.5 Å². The van der Waals surface area contributed by atoms with Crippen LogP contribution >= 0.6 is 0 Å². The van der Waals surface area contributed by atoms with E-state index in [-0.39, 0.29) is 11.5 Å². The molecule has 1 aliphatic rings. The first-order chi connectivity index (χ1) is 12.7. The molecule has 0 bridgehead atoms. The van der Waals surface area contributed by atoms with Crippen molar-refractivity contribution in [3.05, 3.63) is 36.0 Å². The van der Waals surface area contributed by atoms with Crippen LogP contribution < -0.4 is 9.64 Å². The molecular formula is C22H29N3O2. The van der Waals surface area contributed by atoms with Gasteiger partial charge in [-0.2, -0.15) is 0 Å². The van der Waals surface area contributed by atoms with Gasteiger partial charge in [-0.1, -0.05) is 20.8 Å². The normalized spacial score (nSPS) is 15.3. The van der Waals surface area contributed by atoms with Crippen molar-refractivity contribution in [1.29, 1.82) is 0 Å². The predicted octanol–water partition coefficient (Wildman–Crippen LogP) is 4.40. The lowest BCUT2D eigenvalue weighted by atomic mass is 9.85. The molecule has 2 aromatic rings. The van der Waals surface area contributed by atoms with Gasteiger partial charge >= 0.3 is 0 Å². The molecule has 0 amide bonds. The fourth-order valence-electron chi connectivity index (χ4n) is 3.25. The third-order valence-electron chi connectivity index (χ3n) is 4.69. The van der Waals surface area contributed by atoms with Crippen LogP contribution in [0.1, 0.15) is 53.0 Å². The summed E-state index contributed by atoms with van der Waals surface area (Å²) in [6.07, 6.45) is 3.07. The second-order valence-electron chi connectivity index (χ2n) is 8.40. The first-order valence-electron chi connectivity index (χ1n) is 9.65. The number of benzene rings is 1. The minimum atomic E-state index is -0.0384. The molecule has 5 heteroatoms. The molecule has 1 aliphatic heterocycles. The van der Waals surface area contributed by atoms with Gasteiger partial charge in [0.2, 0.25) is 5.95 Å². The number of hydrogen-bond donors (Lipinski definition) is 0. The molecule has 0 unspecified atom stereocenters. The number of piperidine rings is 1. The quantitative estimate of drug-likeness (QED) is 0.802. The van der Waals surface area contributed by atoms with Crippen LogP contribution in [0.25, 0.3) is 11.3 Å². The molecule has 1 aromatic carbocycles. The van der Waals surface area contributed by atoms with E-state index in [1.54, 1.807) is 6.20 Å². The molecule has 1 saturated heterocycles. The van der Waals surface area contributed by atoms with Gasteiger partial charge < -0.3 is 9.64 Å². The zero-order chi connectivity index (χ0) is 19.6. The van der Waals surface area contributed by atoms with Gasteiger partial charge in [0.25, 0.3) is 0 Å². The first-order valence-corrected chi connectivity index (χ1v) is 9.65. The Balaban J connectivity index is 1.94. The number of ketones is 1. The number of hydrogen-bond acceptors (Lipinski definition) is 5. The monoisotopic (exact) mass is 367 g/mol. The molecule has 0 radical (unpaired) electrons. The first kappa shape index (κ1) is 19.3. The summed E-state index contributed by atoms with van der Waals surface area (Å²) in [5, 5.41) is 0. The van der Waals surface area contributed by atoms with E-state index in [1.807, 2.05) is 26.0 Å². The van der Waals surface area contributed by atoms with Crippen molar-refractivity contribution in [2.75, 3.05) is 18.0 Å². The molecule has 0 N–H and O–H groups in total. The van der Waals surface area contributed by atoms with Gasteiger partial charge in [-0.25, -0.2) is 9.97 Å². The minimum absolute atomic E-state index is 0.0384. The summed E-state index contributed by atoms with van der Waals surface area (Å²) in [4.78, 5) is 22.8. The second kappa shape index (κ2) is 7.67. The molecule has 144 valence electrons. The number of Topliss-reactive ketones (excluding diaryl/α,β-unsaturated/α-hetero) is 1. The Bertz CT molecular complexity index is 815. The van der Waals surface area contributed by atoms with Gasteiger partial charge in [-0.05, 0) is 43.5 Å². The third kappa shape index (κ3) is 4.65. The van der Waals surface area contributed by atoms with E-state index in [2.05, 4.69) is 42.8 Å². The standard InChI is InChI=1S/C22H29N3O2/c1-15(2)27-20-7-6-16(14-18(20)22(3,4)5)19-8-11-23-21(24-19)25-12-9-17(26)10-13-25/h6-8,11,14-15H,9-10,12-13H2,1-5H3. The Morgan fingerprint density at radius 2 is 1.81 bits per heavy atom. The van der Waals surface area contributed by atoms with E-state index in [9.17, 15) is 4.79 Å². The minimum Gasteiger partial charge on any atom is -0.491 e. The Hall–Kier alpha value is -2.43. The van der Waals surface area contributed by atoms with E-state index < -0.39 is 0 Å². The van der Waals surface area contributed by atoms with Crippen molar-refractivity contribution in [1.82, 2.24) is 9.97 Å². The van der Waals surface area contributed by atoms with Crippen LogP contribution in [0.4, 0.5) is 5.95 Å². The highest BCUT2D eigenvalue weighted by Crippen LogP contribution is 2.35.